The molecule has 1 aromatic heterocycles. The zero-order valence-corrected chi connectivity index (χ0v) is 10.9. The van der Waals surface area contributed by atoms with Crippen LogP contribution in [0.2, 0.25) is 0 Å². The summed E-state index contributed by atoms with van der Waals surface area (Å²) in [5, 5.41) is 0. The fraction of sp³-hybridized carbons (Fsp3) is 0.583. The smallest absolute Gasteiger partial charge is 0.129 e. The molecule has 0 radical (unpaired) electrons. The molecule has 0 bridgehead atoms. The zero-order valence-electron chi connectivity index (χ0n) is 9.28. The predicted molar refractivity (Wildman–Crippen MR) is 67.2 cm³/mol. The number of pyridine rings is 1. The molecule has 3 heteroatoms. The van der Waals surface area contributed by atoms with E-state index in [1.807, 2.05) is 6.20 Å². The Bertz CT molecular complexity index is 323. The van der Waals surface area contributed by atoms with Crippen LogP contribution in [0.5, 0.6) is 0 Å². The molecule has 15 heavy (non-hydrogen) atoms. The van der Waals surface area contributed by atoms with Crippen LogP contribution >= 0.6 is 15.9 Å². The van der Waals surface area contributed by atoms with Gasteiger partial charge in [-0.1, -0.05) is 6.92 Å². The molecule has 2 rings (SSSR count). The van der Waals surface area contributed by atoms with Gasteiger partial charge in [0.1, 0.15) is 5.82 Å². The van der Waals surface area contributed by atoms with E-state index in [4.69, 9.17) is 0 Å². The van der Waals surface area contributed by atoms with Gasteiger partial charge in [0.05, 0.1) is 0 Å². The monoisotopic (exact) mass is 268 g/mol. The van der Waals surface area contributed by atoms with Gasteiger partial charge in [-0.25, -0.2) is 4.98 Å². The van der Waals surface area contributed by atoms with Crippen molar-refractivity contribution in [1.82, 2.24) is 4.98 Å². The minimum atomic E-state index is 0.628. The van der Waals surface area contributed by atoms with E-state index in [1.165, 1.54) is 19.3 Å². The Balaban J connectivity index is 2.24. The fourth-order valence-corrected chi connectivity index (χ4v) is 2.64. The summed E-state index contributed by atoms with van der Waals surface area (Å²) in [5.74, 6) is 1.12. The van der Waals surface area contributed by atoms with Crippen molar-refractivity contribution in [1.29, 1.82) is 0 Å². The van der Waals surface area contributed by atoms with Gasteiger partial charge in [0.2, 0.25) is 0 Å². The van der Waals surface area contributed by atoms with Crippen molar-refractivity contribution in [2.75, 3.05) is 4.90 Å². The Labute approximate surface area is 99.8 Å². The van der Waals surface area contributed by atoms with Crippen LogP contribution in [-0.4, -0.2) is 17.1 Å². The Morgan fingerprint density at radius 2 is 2.27 bits per heavy atom. The first kappa shape index (κ1) is 10.9. The Hall–Kier alpha value is -0.570. The molecule has 0 aromatic carbocycles. The van der Waals surface area contributed by atoms with Gasteiger partial charge in [0.25, 0.3) is 0 Å². The molecule has 2 nitrogen and oxygen atoms in total. The second-order valence-corrected chi connectivity index (χ2v) is 5.15. The van der Waals surface area contributed by atoms with Gasteiger partial charge in [-0.05, 0) is 54.2 Å². The summed E-state index contributed by atoms with van der Waals surface area (Å²) in [4.78, 5) is 6.95. The molecule has 2 atom stereocenters. The highest BCUT2D eigenvalue weighted by atomic mass is 79.9. The normalized spacial score (nSPS) is 25.9. The number of halogens is 1. The summed E-state index contributed by atoms with van der Waals surface area (Å²) in [6.07, 6.45) is 5.68. The van der Waals surface area contributed by atoms with Gasteiger partial charge in [-0.3, -0.25) is 0 Å². The zero-order chi connectivity index (χ0) is 10.8. The lowest BCUT2D eigenvalue weighted by atomic mass is 10.1. The number of aromatic nitrogens is 1. The van der Waals surface area contributed by atoms with Gasteiger partial charge in [-0.15, -0.1) is 0 Å². The van der Waals surface area contributed by atoms with E-state index >= 15 is 0 Å². The summed E-state index contributed by atoms with van der Waals surface area (Å²) in [6.45, 7) is 4.55. The molecule has 1 aliphatic rings. The van der Waals surface area contributed by atoms with Crippen LogP contribution in [0.15, 0.2) is 22.8 Å². The number of hydrogen-bond acceptors (Lipinski definition) is 2. The first-order chi connectivity index (χ1) is 7.22. The van der Waals surface area contributed by atoms with Crippen LogP contribution in [0.4, 0.5) is 5.82 Å². The van der Waals surface area contributed by atoms with Crippen molar-refractivity contribution in [2.45, 2.75) is 45.2 Å². The molecule has 1 aliphatic heterocycles. The molecule has 2 heterocycles. The van der Waals surface area contributed by atoms with Crippen molar-refractivity contribution < 1.29 is 0 Å². The standard InChI is InChI=1S/C12H17BrN2/c1-3-11-6-4-9(2)15(11)12-7-5-10(13)8-14-12/h5,7-9,11H,3-4,6H2,1-2H3/t9-,11+/m0/s1. The lowest BCUT2D eigenvalue weighted by molar-refractivity contribution is 0.621. The summed E-state index contributed by atoms with van der Waals surface area (Å²) in [5.41, 5.74) is 0. The third kappa shape index (κ3) is 2.17. The molecule has 0 spiro atoms. The second kappa shape index (κ2) is 4.52. The molecule has 1 fully saturated rings. The van der Waals surface area contributed by atoms with Crippen LogP contribution in [0.25, 0.3) is 0 Å². The molecule has 82 valence electrons. The average Bonchev–Trinajstić information content (AvgIpc) is 2.61. The van der Waals surface area contributed by atoms with Crippen LogP contribution in [0.3, 0.4) is 0 Å². The maximum atomic E-state index is 4.49. The van der Waals surface area contributed by atoms with Crippen LogP contribution in [0, 0.1) is 0 Å². The largest absolute Gasteiger partial charge is 0.351 e. The lowest BCUT2D eigenvalue weighted by Crippen LogP contribution is -2.34. The van der Waals surface area contributed by atoms with Gasteiger partial charge in [0, 0.05) is 22.8 Å². The van der Waals surface area contributed by atoms with E-state index in [0.717, 1.165) is 10.3 Å². The summed E-state index contributed by atoms with van der Waals surface area (Å²) in [7, 11) is 0. The predicted octanol–water partition coefficient (Wildman–Crippen LogP) is 3.61. The molecular formula is C12H17BrN2. The van der Waals surface area contributed by atoms with Crippen molar-refractivity contribution >= 4 is 21.7 Å². The number of rotatable bonds is 2. The van der Waals surface area contributed by atoms with Crippen LogP contribution < -0.4 is 4.90 Å². The minimum absolute atomic E-state index is 0.628. The lowest BCUT2D eigenvalue weighted by Gasteiger charge is -2.29. The fourth-order valence-electron chi connectivity index (χ4n) is 2.41. The van der Waals surface area contributed by atoms with Crippen molar-refractivity contribution in [3.05, 3.63) is 22.8 Å². The third-order valence-corrected chi connectivity index (χ3v) is 3.70. The molecule has 0 aliphatic carbocycles. The molecule has 1 aromatic rings. The molecule has 0 saturated carbocycles. The van der Waals surface area contributed by atoms with Crippen LogP contribution in [0.1, 0.15) is 33.1 Å². The van der Waals surface area contributed by atoms with Crippen LogP contribution in [-0.2, 0) is 0 Å². The van der Waals surface area contributed by atoms with E-state index < -0.39 is 0 Å². The summed E-state index contributed by atoms with van der Waals surface area (Å²) in [6, 6.07) is 5.48. The number of anilines is 1. The van der Waals surface area contributed by atoms with E-state index in [2.05, 4.69) is 51.8 Å². The second-order valence-electron chi connectivity index (χ2n) is 4.23. The minimum Gasteiger partial charge on any atom is -0.351 e. The highest BCUT2D eigenvalue weighted by Crippen LogP contribution is 2.30. The van der Waals surface area contributed by atoms with Crippen molar-refractivity contribution in [2.24, 2.45) is 0 Å². The first-order valence-electron chi connectivity index (χ1n) is 5.62. The van der Waals surface area contributed by atoms with Gasteiger partial charge >= 0.3 is 0 Å². The molecule has 1 saturated heterocycles. The average molecular weight is 269 g/mol. The number of nitrogens with zero attached hydrogens (tertiary/aromatic N) is 2. The SMILES string of the molecule is CC[C@@H]1CC[C@H](C)N1c1ccc(Br)cn1. The maximum Gasteiger partial charge on any atom is 0.129 e. The Morgan fingerprint density at radius 3 is 2.87 bits per heavy atom. The van der Waals surface area contributed by atoms with E-state index in [9.17, 15) is 0 Å². The van der Waals surface area contributed by atoms with Gasteiger partial charge < -0.3 is 4.90 Å². The third-order valence-electron chi connectivity index (χ3n) is 3.23. The van der Waals surface area contributed by atoms with Gasteiger partial charge in [-0.2, -0.15) is 0 Å². The highest BCUT2D eigenvalue weighted by molar-refractivity contribution is 9.10. The summed E-state index contributed by atoms with van der Waals surface area (Å²) >= 11 is 3.42. The Morgan fingerprint density at radius 1 is 1.47 bits per heavy atom. The topological polar surface area (TPSA) is 16.1 Å². The molecule has 0 unspecified atom stereocenters. The van der Waals surface area contributed by atoms with E-state index in [1.54, 1.807) is 0 Å². The highest BCUT2D eigenvalue weighted by Gasteiger charge is 2.29. The summed E-state index contributed by atoms with van der Waals surface area (Å²) < 4.78 is 1.05. The van der Waals surface area contributed by atoms with Crippen molar-refractivity contribution in [3.63, 3.8) is 0 Å². The Kier molecular flexibility index (Phi) is 3.29. The number of hydrogen-bond donors (Lipinski definition) is 0. The van der Waals surface area contributed by atoms with Gasteiger partial charge in [0.15, 0.2) is 0 Å². The van der Waals surface area contributed by atoms with E-state index in [0.29, 0.717) is 12.1 Å². The molecule has 0 amide bonds. The van der Waals surface area contributed by atoms with Crippen molar-refractivity contribution in [3.8, 4) is 0 Å². The molecular weight excluding hydrogens is 252 g/mol. The quantitative estimate of drug-likeness (QED) is 0.815. The van der Waals surface area contributed by atoms with E-state index in [-0.39, 0.29) is 0 Å². The first-order valence-corrected chi connectivity index (χ1v) is 6.41. The maximum absolute atomic E-state index is 4.49. The molecule has 0 N–H and O–H groups in total.